The second kappa shape index (κ2) is 4.29. The molecule has 0 rings (SSSR count). The minimum atomic E-state index is -0.395. The van der Waals surface area contributed by atoms with Crippen molar-refractivity contribution in [2.24, 2.45) is 0 Å². The number of halogens is 1. The van der Waals surface area contributed by atoms with Crippen LogP contribution >= 0.6 is 18.5 Å². The van der Waals surface area contributed by atoms with Crippen molar-refractivity contribution in [3.8, 4) is 0 Å². The van der Waals surface area contributed by atoms with Gasteiger partial charge in [0.05, 0.1) is 0 Å². The van der Waals surface area contributed by atoms with Gasteiger partial charge in [-0.1, -0.05) is 52.8 Å². The maximum absolute atomic E-state index is 6.53. The highest BCUT2D eigenvalue weighted by Gasteiger charge is 2.36. The number of rotatable bonds is 4. The third-order valence-corrected chi connectivity index (χ3v) is 8.30. The van der Waals surface area contributed by atoms with Crippen molar-refractivity contribution in [2.75, 3.05) is 0 Å². The Morgan fingerprint density at radius 3 is 1.33 bits per heavy atom. The molecular formula is C10H22ClP. The molecule has 2 heteroatoms. The fraction of sp³-hybridized carbons (Fsp3) is 1.00. The van der Waals surface area contributed by atoms with Crippen LogP contribution in [0.5, 0.6) is 0 Å². The lowest BCUT2D eigenvalue weighted by Gasteiger charge is -2.39. The molecule has 0 saturated carbocycles. The van der Waals surface area contributed by atoms with E-state index in [-0.39, 0.29) is 0 Å². The van der Waals surface area contributed by atoms with Crippen LogP contribution in [0.2, 0.25) is 0 Å². The van der Waals surface area contributed by atoms with Gasteiger partial charge in [-0.3, -0.25) is 0 Å². The molecular weight excluding hydrogens is 187 g/mol. The Kier molecular flexibility index (Phi) is 4.55. The number of hydrogen-bond acceptors (Lipinski definition) is 0. The van der Waals surface area contributed by atoms with Gasteiger partial charge in [0.2, 0.25) is 0 Å². The van der Waals surface area contributed by atoms with Crippen LogP contribution in [0.1, 0.15) is 54.4 Å². The molecule has 0 bridgehead atoms. The molecule has 0 N–H and O–H groups in total. The Morgan fingerprint density at radius 1 is 0.917 bits per heavy atom. The molecule has 0 saturated heterocycles. The SMILES string of the molecule is CCC(C)(C)P(Cl)C(C)(C)CC. The third kappa shape index (κ3) is 2.89. The Balaban J connectivity index is 4.47. The summed E-state index contributed by atoms with van der Waals surface area (Å²) in [6.45, 7) is 13.6. The van der Waals surface area contributed by atoms with Crippen LogP contribution in [0.3, 0.4) is 0 Å². The van der Waals surface area contributed by atoms with Crippen LogP contribution in [0, 0.1) is 0 Å². The molecule has 0 aromatic heterocycles. The van der Waals surface area contributed by atoms with Gasteiger partial charge >= 0.3 is 0 Å². The van der Waals surface area contributed by atoms with Crippen LogP contribution in [-0.2, 0) is 0 Å². The standard InChI is InChI=1S/C10H22ClP/c1-7-9(3,4)12(11)10(5,6)8-2/h7-8H2,1-6H3. The topological polar surface area (TPSA) is 0 Å². The maximum Gasteiger partial charge on any atom is 0.00179 e. The van der Waals surface area contributed by atoms with Gasteiger partial charge in [-0.15, -0.1) is 0 Å². The summed E-state index contributed by atoms with van der Waals surface area (Å²) in [6.07, 6.45) is 2.34. The summed E-state index contributed by atoms with van der Waals surface area (Å²) >= 11 is 6.53. The summed E-state index contributed by atoms with van der Waals surface area (Å²) in [6, 6.07) is 0. The average Bonchev–Trinajstić information content (AvgIpc) is 2.03. The summed E-state index contributed by atoms with van der Waals surface area (Å²) in [4.78, 5) is 0. The van der Waals surface area contributed by atoms with Gasteiger partial charge in [0.1, 0.15) is 0 Å². The Morgan fingerprint density at radius 2 is 1.17 bits per heavy atom. The minimum absolute atomic E-state index is 0.316. The maximum atomic E-state index is 6.53. The van der Waals surface area contributed by atoms with Crippen molar-refractivity contribution >= 4 is 18.5 Å². The molecule has 0 atom stereocenters. The molecule has 0 heterocycles. The van der Waals surface area contributed by atoms with Crippen LogP contribution in [0.25, 0.3) is 0 Å². The Labute approximate surface area is 83.6 Å². The van der Waals surface area contributed by atoms with Crippen LogP contribution in [0.4, 0.5) is 0 Å². The predicted molar refractivity (Wildman–Crippen MR) is 61.5 cm³/mol. The summed E-state index contributed by atoms with van der Waals surface area (Å²) in [5, 5.41) is 0.632. The molecule has 0 aromatic rings. The zero-order chi connectivity index (χ0) is 9.99. The fourth-order valence-corrected chi connectivity index (χ4v) is 4.01. The van der Waals surface area contributed by atoms with Crippen molar-refractivity contribution in [3.63, 3.8) is 0 Å². The normalized spacial score (nSPS) is 14.0. The summed E-state index contributed by atoms with van der Waals surface area (Å²) in [7, 11) is -0.395. The Bertz CT molecular complexity index is 125. The smallest absolute Gasteiger partial charge is 0.00179 e. The second-order valence-corrected chi connectivity index (χ2v) is 8.61. The zero-order valence-corrected chi connectivity index (χ0v) is 10.9. The molecule has 0 amide bonds. The predicted octanol–water partition coefficient (Wildman–Crippen LogP) is 5.00. The van der Waals surface area contributed by atoms with Gasteiger partial charge in [-0.05, 0) is 23.2 Å². The second-order valence-electron chi connectivity index (χ2n) is 4.61. The molecule has 12 heavy (non-hydrogen) atoms. The van der Waals surface area contributed by atoms with Crippen molar-refractivity contribution in [1.82, 2.24) is 0 Å². The lowest BCUT2D eigenvalue weighted by Crippen LogP contribution is -2.26. The van der Waals surface area contributed by atoms with Crippen molar-refractivity contribution in [1.29, 1.82) is 0 Å². The minimum Gasteiger partial charge on any atom is -0.0953 e. The lowest BCUT2D eigenvalue weighted by atomic mass is 10.1. The van der Waals surface area contributed by atoms with Crippen LogP contribution in [-0.4, -0.2) is 10.3 Å². The van der Waals surface area contributed by atoms with Crippen molar-refractivity contribution in [3.05, 3.63) is 0 Å². The highest BCUT2D eigenvalue weighted by atomic mass is 35.7. The lowest BCUT2D eigenvalue weighted by molar-refractivity contribution is 0.613. The molecule has 0 aliphatic heterocycles. The summed E-state index contributed by atoms with van der Waals surface area (Å²) in [5.74, 6) is 0. The molecule has 0 aliphatic rings. The molecule has 0 unspecified atom stereocenters. The first-order valence-corrected chi connectivity index (χ1v) is 6.98. The summed E-state index contributed by atoms with van der Waals surface area (Å²) < 4.78 is 0. The van der Waals surface area contributed by atoms with E-state index in [1.165, 1.54) is 12.8 Å². The Hall–Kier alpha value is 0.720. The van der Waals surface area contributed by atoms with E-state index in [2.05, 4.69) is 41.5 Å². The van der Waals surface area contributed by atoms with Crippen LogP contribution < -0.4 is 0 Å². The molecule has 0 aromatic carbocycles. The molecule has 0 nitrogen and oxygen atoms in total. The van der Waals surface area contributed by atoms with E-state index >= 15 is 0 Å². The van der Waals surface area contributed by atoms with Gasteiger partial charge < -0.3 is 0 Å². The molecule has 0 fully saturated rings. The average molecular weight is 209 g/mol. The number of hydrogen-bond donors (Lipinski definition) is 0. The first kappa shape index (κ1) is 12.7. The molecule has 0 radical (unpaired) electrons. The highest BCUT2D eigenvalue weighted by molar-refractivity contribution is 7.86. The monoisotopic (exact) mass is 208 g/mol. The van der Waals surface area contributed by atoms with Crippen molar-refractivity contribution in [2.45, 2.75) is 64.7 Å². The van der Waals surface area contributed by atoms with Gasteiger partial charge in [0, 0.05) is 7.27 Å². The van der Waals surface area contributed by atoms with E-state index in [0.29, 0.717) is 10.3 Å². The van der Waals surface area contributed by atoms with Gasteiger partial charge in [-0.25, -0.2) is 0 Å². The third-order valence-electron chi connectivity index (χ3n) is 2.79. The quantitative estimate of drug-likeness (QED) is 0.571. The molecule has 0 spiro atoms. The van der Waals surface area contributed by atoms with E-state index in [4.69, 9.17) is 11.2 Å². The van der Waals surface area contributed by atoms with Gasteiger partial charge in [0.15, 0.2) is 0 Å². The van der Waals surface area contributed by atoms with E-state index in [1.807, 2.05) is 0 Å². The molecule has 0 aliphatic carbocycles. The first-order chi connectivity index (χ1) is 5.28. The van der Waals surface area contributed by atoms with Gasteiger partial charge in [-0.2, -0.15) is 0 Å². The highest BCUT2D eigenvalue weighted by Crippen LogP contribution is 2.65. The summed E-state index contributed by atoms with van der Waals surface area (Å²) in [5.41, 5.74) is 0. The van der Waals surface area contributed by atoms with E-state index in [1.54, 1.807) is 0 Å². The van der Waals surface area contributed by atoms with E-state index < -0.39 is 7.27 Å². The van der Waals surface area contributed by atoms with E-state index in [0.717, 1.165) is 0 Å². The molecule has 74 valence electrons. The first-order valence-electron chi connectivity index (χ1n) is 4.74. The van der Waals surface area contributed by atoms with E-state index in [9.17, 15) is 0 Å². The largest absolute Gasteiger partial charge is 0.0953 e. The fourth-order valence-electron chi connectivity index (χ4n) is 1.10. The van der Waals surface area contributed by atoms with Crippen molar-refractivity contribution < 1.29 is 0 Å². The zero-order valence-electron chi connectivity index (χ0n) is 9.24. The van der Waals surface area contributed by atoms with Crippen LogP contribution in [0.15, 0.2) is 0 Å². The van der Waals surface area contributed by atoms with Gasteiger partial charge in [0.25, 0.3) is 0 Å².